The second-order valence-electron chi connectivity index (χ2n) is 5.22. The Bertz CT molecular complexity index is 513. The van der Waals surface area contributed by atoms with Gasteiger partial charge in [-0.15, -0.1) is 0 Å². The van der Waals surface area contributed by atoms with Gasteiger partial charge in [-0.05, 0) is 50.1 Å². The number of carbonyl (C=O) groups excluding carboxylic acids is 1. The standard InChI is InChI=1S/C16H21FN2O/c1-12(13-5-3-6-14(17)10-13)9-16(20)19-8-4-7-15(19)11-18-2/h3,5-6,9-10,15,18H,4,7-8,11H2,1-2H3/b12-9+. The number of halogens is 1. The molecule has 3 nitrogen and oxygen atoms in total. The lowest BCUT2D eigenvalue weighted by atomic mass is 10.1. The van der Waals surface area contributed by atoms with Crippen LogP contribution in [0.4, 0.5) is 4.39 Å². The van der Waals surface area contributed by atoms with Gasteiger partial charge in [0.1, 0.15) is 5.82 Å². The molecule has 1 N–H and O–H groups in total. The number of likely N-dealkylation sites (N-methyl/N-ethyl adjacent to an activating group) is 1. The summed E-state index contributed by atoms with van der Waals surface area (Å²) >= 11 is 0. The fourth-order valence-corrected chi connectivity index (χ4v) is 2.66. The zero-order valence-corrected chi connectivity index (χ0v) is 12.0. The summed E-state index contributed by atoms with van der Waals surface area (Å²) in [4.78, 5) is 14.2. The Balaban J connectivity index is 2.11. The second kappa shape index (κ2) is 6.66. The zero-order chi connectivity index (χ0) is 14.5. The van der Waals surface area contributed by atoms with Crippen molar-refractivity contribution in [1.29, 1.82) is 0 Å². The maximum absolute atomic E-state index is 13.2. The van der Waals surface area contributed by atoms with E-state index in [4.69, 9.17) is 0 Å². The first-order chi connectivity index (χ1) is 9.61. The maximum Gasteiger partial charge on any atom is 0.247 e. The molecule has 1 unspecified atom stereocenters. The number of amides is 1. The van der Waals surface area contributed by atoms with Crippen LogP contribution < -0.4 is 5.32 Å². The first-order valence-electron chi connectivity index (χ1n) is 7.01. The van der Waals surface area contributed by atoms with E-state index in [1.165, 1.54) is 12.1 Å². The Morgan fingerprint density at radius 2 is 2.35 bits per heavy atom. The molecule has 1 aliphatic heterocycles. The first-order valence-corrected chi connectivity index (χ1v) is 7.01. The Hall–Kier alpha value is -1.68. The molecule has 0 spiro atoms. The van der Waals surface area contributed by atoms with Crippen LogP contribution in [0.2, 0.25) is 0 Å². The normalized spacial score (nSPS) is 19.4. The molecule has 1 aliphatic rings. The van der Waals surface area contributed by atoms with Crippen molar-refractivity contribution in [2.75, 3.05) is 20.1 Å². The van der Waals surface area contributed by atoms with Crippen molar-refractivity contribution in [3.8, 4) is 0 Å². The third kappa shape index (κ3) is 3.45. The van der Waals surface area contributed by atoms with Crippen molar-refractivity contribution in [1.82, 2.24) is 10.2 Å². The third-order valence-electron chi connectivity index (χ3n) is 3.72. The second-order valence-corrected chi connectivity index (χ2v) is 5.22. The van der Waals surface area contributed by atoms with Crippen LogP contribution in [0.3, 0.4) is 0 Å². The topological polar surface area (TPSA) is 32.3 Å². The predicted octanol–water partition coefficient (Wildman–Crippen LogP) is 2.44. The number of carbonyl (C=O) groups is 1. The number of rotatable bonds is 4. The number of likely N-dealkylation sites (tertiary alicyclic amines) is 1. The highest BCUT2D eigenvalue weighted by Gasteiger charge is 2.26. The number of nitrogens with one attached hydrogen (secondary N) is 1. The summed E-state index contributed by atoms with van der Waals surface area (Å²) < 4.78 is 13.2. The fourth-order valence-electron chi connectivity index (χ4n) is 2.66. The van der Waals surface area contributed by atoms with E-state index in [1.54, 1.807) is 12.1 Å². The number of hydrogen-bond donors (Lipinski definition) is 1. The first kappa shape index (κ1) is 14.7. The highest BCUT2D eigenvalue weighted by Crippen LogP contribution is 2.20. The largest absolute Gasteiger partial charge is 0.335 e. The molecule has 108 valence electrons. The quantitative estimate of drug-likeness (QED) is 0.857. The summed E-state index contributed by atoms with van der Waals surface area (Å²) in [7, 11) is 1.90. The number of allylic oxidation sites excluding steroid dienone is 1. The smallest absolute Gasteiger partial charge is 0.247 e. The Kier molecular flexibility index (Phi) is 4.90. The van der Waals surface area contributed by atoms with Crippen LogP contribution in [0.1, 0.15) is 25.3 Å². The van der Waals surface area contributed by atoms with Crippen LogP contribution in [-0.2, 0) is 4.79 Å². The minimum atomic E-state index is -0.281. The van der Waals surface area contributed by atoms with Crippen molar-refractivity contribution in [3.05, 3.63) is 41.7 Å². The van der Waals surface area contributed by atoms with Gasteiger partial charge in [-0.1, -0.05) is 12.1 Å². The van der Waals surface area contributed by atoms with E-state index >= 15 is 0 Å². The molecule has 1 amide bonds. The Morgan fingerprint density at radius 1 is 1.55 bits per heavy atom. The van der Waals surface area contributed by atoms with Gasteiger partial charge in [-0.2, -0.15) is 0 Å². The average molecular weight is 276 g/mol. The van der Waals surface area contributed by atoms with Crippen LogP contribution in [0.25, 0.3) is 5.57 Å². The van der Waals surface area contributed by atoms with Gasteiger partial charge in [0, 0.05) is 25.2 Å². The maximum atomic E-state index is 13.2. The number of nitrogens with zero attached hydrogens (tertiary/aromatic N) is 1. The highest BCUT2D eigenvalue weighted by atomic mass is 19.1. The molecule has 4 heteroatoms. The number of hydrogen-bond acceptors (Lipinski definition) is 2. The van der Waals surface area contributed by atoms with Gasteiger partial charge in [-0.3, -0.25) is 4.79 Å². The van der Waals surface area contributed by atoms with E-state index in [1.807, 2.05) is 24.9 Å². The Labute approximate surface area is 119 Å². The molecule has 1 aromatic rings. The molecule has 1 atom stereocenters. The molecule has 1 fully saturated rings. The average Bonchev–Trinajstić information content (AvgIpc) is 2.87. The van der Waals surface area contributed by atoms with Gasteiger partial charge in [0.15, 0.2) is 0 Å². The lowest BCUT2D eigenvalue weighted by molar-refractivity contribution is -0.126. The predicted molar refractivity (Wildman–Crippen MR) is 78.7 cm³/mol. The summed E-state index contributed by atoms with van der Waals surface area (Å²) in [6.07, 6.45) is 3.70. The summed E-state index contributed by atoms with van der Waals surface area (Å²) in [5.41, 5.74) is 1.55. The van der Waals surface area contributed by atoms with E-state index in [-0.39, 0.29) is 17.8 Å². The summed E-state index contributed by atoms with van der Waals surface area (Å²) in [5.74, 6) is -0.263. The molecule has 0 aliphatic carbocycles. The van der Waals surface area contributed by atoms with Crippen molar-refractivity contribution >= 4 is 11.5 Å². The van der Waals surface area contributed by atoms with Crippen LogP contribution >= 0.6 is 0 Å². The summed E-state index contributed by atoms with van der Waals surface area (Å²) in [6, 6.07) is 6.60. The van der Waals surface area contributed by atoms with Crippen molar-refractivity contribution in [2.24, 2.45) is 0 Å². The molecule has 1 saturated heterocycles. The zero-order valence-electron chi connectivity index (χ0n) is 12.0. The van der Waals surface area contributed by atoms with Crippen LogP contribution in [0.15, 0.2) is 30.3 Å². The van der Waals surface area contributed by atoms with Gasteiger partial charge in [0.05, 0.1) is 0 Å². The van der Waals surface area contributed by atoms with Crippen molar-refractivity contribution in [2.45, 2.75) is 25.8 Å². The van der Waals surface area contributed by atoms with Crippen LogP contribution in [0.5, 0.6) is 0 Å². The SMILES string of the molecule is CNCC1CCCN1C(=O)/C=C(\C)c1cccc(F)c1. The molecule has 0 saturated carbocycles. The molecule has 0 radical (unpaired) electrons. The van der Waals surface area contributed by atoms with E-state index in [9.17, 15) is 9.18 Å². The molecule has 0 aromatic heterocycles. The van der Waals surface area contributed by atoms with E-state index in [2.05, 4.69) is 5.32 Å². The minimum Gasteiger partial charge on any atom is -0.335 e. The van der Waals surface area contributed by atoms with Gasteiger partial charge >= 0.3 is 0 Å². The molecule has 2 rings (SSSR count). The van der Waals surface area contributed by atoms with Crippen molar-refractivity contribution in [3.63, 3.8) is 0 Å². The lowest BCUT2D eigenvalue weighted by Crippen LogP contribution is -2.40. The molecule has 0 bridgehead atoms. The molecule has 1 aromatic carbocycles. The number of benzene rings is 1. The molecular weight excluding hydrogens is 255 g/mol. The fraction of sp³-hybridized carbons (Fsp3) is 0.438. The van der Waals surface area contributed by atoms with E-state index in [0.29, 0.717) is 0 Å². The molecule has 20 heavy (non-hydrogen) atoms. The van der Waals surface area contributed by atoms with E-state index < -0.39 is 0 Å². The Morgan fingerprint density at radius 3 is 3.05 bits per heavy atom. The van der Waals surface area contributed by atoms with Gasteiger partial charge in [0.2, 0.25) is 5.91 Å². The highest BCUT2D eigenvalue weighted by molar-refractivity contribution is 5.95. The summed E-state index contributed by atoms with van der Waals surface area (Å²) in [5, 5.41) is 3.12. The van der Waals surface area contributed by atoms with Crippen LogP contribution in [-0.4, -0.2) is 37.0 Å². The van der Waals surface area contributed by atoms with Gasteiger partial charge < -0.3 is 10.2 Å². The molecular formula is C16H21FN2O. The third-order valence-corrected chi connectivity index (χ3v) is 3.72. The van der Waals surface area contributed by atoms with E-state index in [0.717, 1.165) is 37.1 Å². The van der Waals surface area contributed by atoms with Gasteiger partial charge in [-0.25, -0.2) is 4.39 Å². The van der Waals surface area contributed by atoms with Crippen LogP contribution in [0, 0.1) is 5.82 Å². The van der Waals surface area contributed by atoms with Crippen molar-refractivity contribution < 1.29 is 9.18 Å². The monoisotopic (exact) mass is 276 g/mol. The lowest BCUT2D eigenvalue weighted by Gasteiger charge is -2.23. The molecule has 1 heterocycles. The minimum absolute atomic E-state index is 0.0181. The van der Waals surface area contributed by atoms with Gasteiger partial charge in [0.25, 0.3) is 0 Å². The summed E-state index contributed by atoms with van der Waals surface area (Å²) in [6.45, 7) is 3.46.